The van der Waals surface area contributed by atoms with Crippen LogP contribution >= 0.6 is 0 Å². The van der Waals surface area contributed by atoms with Gasteiger partial charge in [0, 0.05) is 6.54 Å². The number of hydrogen-bond acceptors (Lipinski definition) is 5. The van der Waals surface area contributed by atoms with Crippen molar-refractivity contribution in [2.75, 3.05) is 24.6 Å². The van der Waals surface area contributed by atoms with Gasteiger partial charge in [-0.3, -0.25) is 0 Å². The van der Waals surface area contributed by atoms with Crippen molar-refractivity contribution in [1.82, 2.24) is 9.97 Å². The van der Waals surface area contributed by atoms with Gasteiger partial charge in [0.25, 0.3) is 0 Å². The Hall–Kier alpha value is -1.74. The molecule has 5 nitrogen and oxygen atoms in total. The summed E-state index contributed by atoms with van der Waals surface area (Å²) in [5.41, 5.74) is 0.398. The number of aryl methyl sites for hydroxylation is 1. The molecule has 2 rings (SSSR count). The Kier molecular flexibility index (Phi) is 3.49. The van der Waals surface area contributed by atoms with Gasteiger partial charge < -0.3 is 9.64 Å². The van der Waals surface area contributed by atoms with Crippen LogP contribution in [0, 0.1) is 17.1 Å². The highest BCUT2D eigenvalue weighted by atomic mass is 19.1. The second-order valence-corrected chi connectivity index (χ2v) is 3.75. The van der Waals surface area contributed by atoms with Crippen LogP contribution in [0.3, 0.4) is 0 Å². The Labute approximate surface area is 98.9 Å². The fraction of sp³-hybridized carbons (Fsp3) is 0.545. The molecule has 2 heterocycles. The third-order valence-electron chi connectivity index (χ3n) is 2.69. The van der Waals surface area contributed by atoms with Gasteiger partial charge in [-0.05, 0) is 6.42 Å². The van der Waals surface area contributed by atoms with E-state index in [1.54, 1.807) is 4.90 Å². The van der Waals surface area contributed by atoms with E-state index in [2.05, 4.69) is 9.97 Å². The fourth-order valence-electron chi connectivity index (χ4n) is 1.78. The molecule has 0 N–H and O–H groups in total. The highest BCUT2D eigenvalue weighted by Crippen LogP contribution is 2.20. The lowest BCUT2D eigenvalue weighted by atomic mass is 10.2. The van der Waals surface area contributed by atoms with Crippen LogP contribution in [-0.2, 0) is 11.2 Å². The summed E-state index contributed by atoms with van der Waals surface area (Å²) in [6.07, 6.45) is 1.35. The van der Waals surface area contributed by atoms with Crippen LogP contribution < -0.4 is 4.90 Å². The van der Waals surface area contributed by atoms with Gasteiger partial charge in [-0.1, -0.05) is 6.92 Å². The molecule has 1 saturated heterocycles. The van der Waals surface area contributed by atoms with Crippen molar-refractivity contribution >= 4 is 5.82 Å². The molecule has 1 aliphatic rings. The van der Waals surface area contributed by atoms with Crippen molar-refractivity contribution in [3.8, 4) is 6.07 Å². The molecule has 0 aromatic carbocycles. The SMILES string of the molecule is CCc1ncnc(N2CCOC(C#N)C2)c1F. The molecule has 0 bridgehead atoms. The molecule has 0 aliphatic carbocycles. The summed E-state index contributed by atoms with van der Waals surface area (Å²) in [7, 11) is 0. The van der Waals surface area contributed by atoms with Gasteiger partial charge in [0.05, 0.1) is 24.9 Å². The van der Waals surface area contributed by atoms with Gasteiger partial charge in [0.15, 0.2) is 17.7 Å². The highest BCUT2D eigenvalue weighted by Gasteiger charge is 2.24. The Morgan fingerprint density at radius 1 is 1.65 bits per heavy atom. The normalized spacial score (nSPS) is 20.1. The molecule has 0 saturated carbocycles. The number of nitrogens with zero attached hydrogens (tertiary/aromatic N) is 4. The highest BCUT2D eigenvalue weighted by molar-refractivity contribution is 5.42. The molecule has 0 radical (unpaired) electrons. The first-order valence-corrected chi connectivity index (χ1v) is 5.51. The maximum atomic E-state index is 14.0. The van der Waals surface area contributed by atoms with E-state index >= 15 is 0 Å². The number of aromatic nitrogens is 2. The molecule has 1 atom stereocenters. The average molecular weight is 236 g/mol. The first kappa shape index (κ1) is 11.7. The van der Waals surface area contributed by atoms with Crippen molar-refractivity contribution in [3.05, 3.63) is 17.8 Å². The Bertz CT molecular complexity index is 446. The summed E-state index contributed by atoms with van der Waals surface area (Å²) in [5.74, 6) is -0.131. The minimum absolute atomic E-state index is 0.264. The summed E-state index contributed by atoms with van der Waals surface area (Å²) in [5, 5.41) is 8.80. The Balaban J connectivity index is 2.25. The molecule has 0 amide bonds. The van der Waals surface area contributed by atoms with Crippen molar-refractivity contribution in [3.63, 3.8) is 0 Å². The van der Waals surface area contributed by atoms with Crippen LogP contribution in [0.5, 0.6) is 0 Å². The molecular formula is C11H13FN4O. The lowest BCUT2D eigenvalue weighted by molar-refractivity contribution is 0.0758. The topological polar surface area (TPSA) is 62.0 Å². The van der Waals surface area contributed by atoms with Gasteiger partial charge in [-0.15, -0.1) is 0 Å². The second kappa shape index (κ2) is 5.06. The van der Waals surface area contributed by atoms with Crippen LogP contribution in [0.1, 0.15) is 12.6 Å². The first-order chi connectivity index (χ1) is 8.26. The maximum Gasteiger partial charge on any atom is 0.187 e. The summed E-state index contributed by atoms with van der Waals surface area (Å²) < 4.78 is 19.2. The third-order valence-corrected chi connectivity index (χ3v) is 2.69. The lowest BCUT2D eigenvalue weighted by Crippen LogP contribution is -2.42. The number of hydrogen-bond donors (Lipinski definition) is 0. The largest absolute Gasteiger partial charge is 0.360 e. The summed E-state index contributed by atoms with van der Waals surface area (Å²) in [6.45, 7) is 3.12. The standard InChI is InChI=1S/C11H13FN4O/c1-2-9-10(12)11(15-7-14-9)16-3-4-17-8(5-13)6-16/h7-8H,2-4,6H2,1H3. The van der Waals surface area contributed by atoms with Crippen LogP contribution in [0.15, 0.2) is 6.33 Å². The zero-order valence-corrected chi connectivity index (χ0v) is 9.56. The van der Waals surface area contributed by atoms with Gasteiger partial charge in [0.1, 0.15) is 6.33 Å². The quantitative estimate of drug-likeness (QED) is 0.763. The smallest absolute Gasteiger partial charge is 0.187 e. The average Bonchev–Trinajstić information content (AvgIpc) is 2.39. The van der Waals surface area contributed by atoms with E-state index in [-0.39, 0.29) is 5.82 Å². The number of nitriles is 1. The lowest BCUT2D eigenvalue weighted by Gasteiger charge is -2.30. The van der Waals surface area contributed by atoms with E-state index in [1.165, 1.54) is 6.33 Å². The van der Waals surface area contributed by atoms with E-state index in [0.29, 0.717) is 31.8 Å². The van der Waals surface area contributed by atoms with Crippen LogP contribution in [0.25, 0.3) is 0 Å². The second-order valence-electron chi connectivity index (χ2n) is 3.75. The van der Waals surface area contributed by atoms with Crippen molar-refractivity contribution in [2.45, 2.75) is 19.4 Å². The Morgan fingerprint density at radius 3 is 3.18 bits per heavy atom. The first-order valence-electron chi connectivity index (χ1n) is 5.51. The van der Waals surface area contributed by atoms with E-state index < -0.39 is 11.9 Å². The molecule has 1 aromatic rings. The van der Waals surface area contributed by atoms with Gasteiger partial charge in [0.2, 0.25) is 0 Å². The van der Waals surface area contributed by atoms with Crippen molar-refractivity contribution in [1.29, 1.82) is 5.26 Å². The number of rotatable bonds is 2. The molecule has 0 spiro atoms. The summed E-state index contributed by atoms with van der Waals surface area (Å²) >= 11 is 0. The number of anilines is 1. The summed E-state index contributed by atoms with van der Waals surface area (Å²) in [4.78, 5) is 9.57. The van der Waals surface area contributed by atoms with Gasteiger partial charge in [-0.25, -0.2) is 14.4 Å². The predicted molar refractivity (Wildman–Crippen MR) is 58.9 cm³/mol. The Morgan fingerprint density at radius 2 is 2.47 bits per heavy atom. The third kappa shape index (κ3) is 2.34. The monoisotopic (exact) mass is 236 g/mol. The van der Waals surface area contributed by atoms with E-state index in [0.717, 1.165) is 0 Å². The van der Waals surface area contributed by atoms with Crippen LogP contribution in [0.4, 0.5) is 10.2 Å². The maximum absolute atomic E-state index is 14.0. The molecule has 90 valence electrons. The molecule has 1 aliphatic heterocycles. The van der Waals surface area contributed by atoms with Crippen LogP contribution in [-0.4, -0.2) is 35.8 Å². The van der Waals surface area contributed by atoms with Crippen LogP contribution in [0.2, 0.25) is 0 Å². The fourth-order valence-corrected chi connectivity index (χ4v) is 1.78. The molecule has 1 unspecified atom stereocenters. The zero-order valence-electron chi connectivity index (χ0n) is 9.56. The number of ether oxygens (including phenoxy) is 1. The minimum atomic E-state index is -0.525. The molecule has 1 fully saturated rings. The van der Waals surface area contributed by atoms with E-state index in [9.17, 15) is 4.39 Å². The number of morpholine rings is 1. The van der Waals surface area contributed by atoms with Gasteiger partial charge in [-0.2, -0.15) is 5.26 Å². The zero-order chi connectivity index (χ0) is 12.3. The van der Waals surface area contributed by atoms with Gasteiger partial charge >= 0.3 is 0 Å². The van der Waals surface area contributed by atoms with Crippen molar-refractivity contribution < 1.29 is 9.13 Å². The number of halogens is 1. The predicted octanol–water partition coefficient (Wildman–Crippen LogP) is 0.907. The van der Waals surface area contributed by atoms with Crippen molar-refractivity contribution in [2.24, 2.45) is 0 Å². The molecule has 6 heteroatoms. The van der Waals surface area contributed by atoms with E-state index in [1.807, 2.05) is 13.0 Å². The minimum Gasteiger partial charge on any atom is -0.360 e. The molecule has 17 heavy (non-hydrogen) atoms. The molecular weight excluding hydrogens is 223 g/mol. The van der Waals surface area contributed by atoms with E-state index in [4.69, 9.17) is 10.00 Å². The summed E-state index contributed by atoms with van der Waals surface area (Å²) in [6, 6.07) is 2.02. The molecule has 1 aromatic heterocycles.